The van der Waals surface area contributed by atoms with E-state index in [9.17, 15) is 4.39 Å². The quantitative estimate of drug-likeness (QED) is 0.576. The monoisotopic (exact) mass is 392 g/mol. The van der Waals surface area contributed by atoms with Gasteiger partial charge in [0.1, 0.15) is 18.0 Å². The first-order valence-electron chi connectivity index (χ1n) is 9.29. The second-order valence-corrected chi connectivity index (χ2v) is 6.93. The predicted molar refractivity (Wildman–Crippen MR) is 109 cm³/mol. The zero-order valence-electron chi connectivity index (χ0n) is 15.9. The largest absolute Gasteiger partial charge is 0.479 e. The highest BCUT2D eigenvalue weighted by atomic mass is 19.1. The summed E-state index contributed by atoms with van der Waals surface area (Å²) in [6, 6.07) is 9.72. The molecule has 4 rings (SSSR count). The highest BCUT2D eigenvalue weighted by molar-refractivity contribution is 6.16. The van der Waals surface area contributed by atoms with Gasteiger partial charge < -0.3 is 15.8 Å². The number of methoxy groups -OCH3 is 1. The molecule has 1 aliphatic carbocycles. The number of halogens is 1. The molecule has 0 spiro atoms. The van der Waals surface area contributed by atoms with Gasteiger partial charge in [-0.25, -0.2) is 19.3 Å². The number of hydrogen-bond acceptors (Lipinski definition) is 7. The van der Waals surface area contributed by atoms with Gasteiger partial charge in [0.15, 0.2) is 5.82 Å². The van der Waals surface area contributed by atoms with Crippen molar-refractivity contribution in [2.24, 2.45) is 0 Å². The maximum atomic E-state index is 14.1. The summed E-state index contributed by atoms with van der Waals surface area (Å²) in [4.78, 5) is 12.2. The fourth-order valence-electron chi connectivity index (χ4n) is 3.63. The molecule has 8 heteroatoms. The number of aromatic nitrogens is 3. The maximum Gasteiger partial charge on any atom is 0.250 e. The van der Waals surface area contributed by atoms with Crippen molar-refractivity contribution in [1.29, 1.82) is 5.41 Å². The van der Waals surface area contributed by atoms with Crippen LogP contribution in [0, 0.1) is 11.2 Å². The normalized spacial score (nSPS) is 15.4. The molecule has 4 N–H and O–H groups in total. The Hall–Kier alpha value is -3.55. The Labute approximate surface area is 167 Å². The predicted octanol–water partition coefficient (Wildman–Crippen LogP) is 2.99. The van der Waals surface area contributed by atoms with Gasteiger partial charge >= 0.3 is 0 Å². The third-order valence-electron chi connectivity index (χ3n) is 5.10. The number of pyridine rings is 1. The van der Waals surface area contributed by atoms with Crippen molar-refractivity contribution in [2.75, 3.05) is 18.2 Å². The molecule has 7 nitrogen and oxygen atoms in total. The van der Waals surface area contributed by atoms with E-state index in [0.717, 1.165) is 19.3 Å². The van der Waals surface area contributed by atoms with Gasteiger partial charge in [-0.2, -0.15) is 0 Å². The van der Waals surface area contributed by atoms with Crippen molar-refractivity contribution in [2.45, 2.75) is 25.3 Å². The fraction of sp³-hybridized carbons (Fsp3) is 0.238. The second kappa shape index (κ2) is 7.83. The first-order valence-corrected chi connectivity index (χ1v) is 9.29. The standard InChI is InChI=1S/C21H21FN6O/c1-29-21-16(22)9-14(10-25-21)18(23)17-19(24)26-11-27-20(17)28-15-7-6-12-4-2-3-5-13(12)8-15/h2-5,9-11,15,23H,6-8H2,1H3,(H3,24,26,27,28). The average molecular weight is 392 g/mol. The van der Waals surface area contributed by atoms with Gasteiger partial charge in [0, 0.05) is 17.8 Å². The lowest BCUT2D eigenvalue weighted by Crippen LogP contribution is -2.29. The molecule has 0 aliphatic heterocycles. The van der Waals surface area contributed by atoms with E-state index in [2.05, 4.69) is 38.5 Å². The molecular weight excluding hydrogens is 371 g/mol. The van der Waals surface area contributed by atoms with Crippen molar-refractivity contribution in [1.82, 2.24) is 15.0 Å². The molecule has 0 saturated heterocycles. The van der Waals surface area contributed by atoms with Crippen molar-refractivity contribution >= 4 is 17.3 Å². The molecule has 29 heavy (non-hydrogen) atoms. The van der Waals surface area contributed by atoms with E-state index in [0.29, 0.717) is 11.4 Å². The summed E-state index contributed by atoms with van der Waals surface area (Å²) in [5.41, 5.74) is 9.32. The van der Waals surface area contributed by atoms with E-state index in [4.69, 9.17) is 15.9 Å². The molecule has 0 radical (unpaired) electrons. The Morgan fingerprint density at radius 2 is 2.03 bits per heavy atom. The molecule has 0 amide bonds. The van der Waals surface area contributed by atoms with E-state index in [-0.39, 0.29) is 29.0 Å². The van der Waals surface area contributed by atoms with Gasteiger partial charge in [0.25, 0.3) is 0 Å². The lowest BCUT2D eigenvalue weighted by atomic mass is 9.88. The van der Waals surface area contributed by atoms with Gasteiger partial charge in [-0.1, -0.05) is 24.3 Å². The minimum atomic E-state index is -0.649. The van der Waals surface area contributed by atoms with Crippen LogP contribution in [0.1, 0.15) is 28.7 Å². The van der Waals surface area contributed by atoms with E-state index in [1.807, 2.05) is 6.07 Å². The number of aryl methyl sites for hydroxylation is 1. The summed E-state index contributed by atoms with van der Waals surface area (Å²) in [6.45, 7) is 0. The molecule has 0 fully saturated rings. The average Bonchev–Trinajstić information content (AvgIpc) is 2.73. The minimum Gasteiger partial charge on any atom is -0.479 e. The Bertz CT molecular complexity index is 1070. The van der Waals surface area contributed by atoms with E-state index < -0.39 is 5.82 Å². The lowest BCUT2D eigenvalue weighted by molar-refractivity contribution is 0.369. The van der Waals surface area contributed by atoms with Crippen LogP contribution in [0.25, 0.3) is 0 Å². The van der Waals surface area contributed by atoms with Gasteiger partial charge in [0.05, 0.1) is 18.4 Å². The second-order valence-electron chi connectivity index (χ2n) is 6.93. The number of nitrogens with zero attached hydrogens (tertiary/aromatic N) is 3. The van der Waals surface area contributed by atoms with Crippen LogP contribution in [-0.4, -0.2) is 33.8 Å². The van der Waals surface area contributed by atoms with Crippen LogP contribution in [0.15, 0.2) is 42.9 Å². The molecule has 1 aliphatic rings. The van der Waals surface area contributed by atoms with Gasteiger partial charge in [-0.05, 0) is 36.5 Å². The van der Waals surface area contributed by atoms with Gasteiger partial charge in [0.2, 0.25) is 5.88 Å². The van der Waals surface area contributed by atoms with Crippen molar-refractivity contribution in [3.05, 3.63) is 70.9 Å². The smallest absolute Gasteiger partial charge is 0.250 e. The third-order valence-corrected chi connectivity index (χ3v) is 5.10. The Morgan fingerprint density at radius 3 is 2.79 bits per heavy atom. The number of benzene rings is 1. The number of ether oxygens (including phenoxy) is 1. The number of rotatable bonds is 5. The van der Waals surface area contributed by atoms with Crippen molar-refractivity contribution < 1.29 is 9.13 Å². The summed E-state index contributed by atoms with van der Waals surface area (Å²) in [6.07, 6.45) is 5.49. The topological polar surface area (TPSA) is 110 Å². The van der Waals surface area contributed by atoms with Gasteiger partial charge in [-0.3, -0.25) is 5.41 Å². The molecule has 148 valence electrons. The molecule has 3 aromatic rings. The van der Waals surface area contributed by atoms with Crippen molar-refractivity contribution in [3.8, 4) is 5.88 Å². The zero-order chi connectivity index (χ0) is 20.4. The van der Waals surface area contributed by atoms with Crippen LogP contribution in [0.4, 0.5) is 16.0 Å². The lowest BCUT2D eigenvalue weighted by Gasteiger charge is -2.27. The number of hydrogen-bond donors (Lipinski definition) is 3. The number of anilines is 2. The van der Waals surface area contributed by atoms with Crippen LogP contribution in [-0.2, 0) is 12.8 Å². The van der Waals surface area contributed by atoms with Crippen LogP contribution >= 0.6 is 0 Å². The van der Waals surface area contributed by atoms with E-state index in [1.165, 1.54) is 36.8 Å². The van der Waals surface area contributed by atoms with Crippen LogP contribution in [0.5, 0.6) is 5.88 Å². The molecule has 0 saturated carbocycles. The highest BCUT2D eigenvalue weighted by Gasteiger charge is 2.23. The van der Waals surface area contributed by atoms with E-state index >= 15 is 0 Å². The fourth-order valence-corrected chi connectivity index (χ4v) is 3.63. The van der Waals surface area contributed by atoms with Crippen LogP contribution < -0.4 is 15.8 Å². The molecule has 1 aromatic carbocycles. The highest BCUT2D eigenvalue weighted by Crippen LogP contribution is 2.27. The molecule has 1 unspecified atom stereocenters. The van der Waals surface area contributed by atoms with Crippen LogP contribution in [0.3, 0.4) is 0 Å². The summed E-state index contributed by atoms with van der Waals surface area (Å²) < 4.78 is 18.9. The van der Waals surface area contributed by atoms with E-state index in [1.54, 1.807) is 0 Å². The molecule has 2 heterocycles. The number of nitrogens with one attached hydrogen (secondary N) is 2. The third kappa shape index (κ3) is 3.73. The number of fused-ring (bicyclic) bond motifs is 1. The van der Waals surface area contributed by atoms with Crippen LogP contribution in [0.2, 0.25) is 0 Å². The minimum absolute atomic E-state index is 0.00383. The number of nitrogen functional groups attached to an aromatic ring is 1. The maximum absolute atomic E-state index is 14.1. The molecule has 1 atom stereocenters. The summed E-state index contributed by atoms with van der Waals surface area (Å²) in [7, 11) is 1.34. The first-order chi connectivity index (χ1) is 14.1. The Kier molecular flexibility index (Phi) is 5.07. The molecule has 0 bridgehead atoms. The first kappa shape index (κ1) is 18.8. The summed E-state index contributed by atoms with van der Waals surface area (Å²) in [5, 5.41) is 12.0. The summed E-state index contributed by atoms with van der Waals surface area (Å²) >= 11 is 0. The SMILES string of the molecule is COc1ncc(C(=N)c2c(N)ncnc2NC2CCc3ccccc3C2)cc1F. The van der Waals surface area contributed by atoms with Crippen molar-refractivity contribution in [3.63, 3.8) is 0 Å². The zero-order valence-corrected chi connectivity index (χ0v) is 15.9. The molecule has 2 aromatic heterocycles. The van der Waals surface area contributed by atoms with Gasteiger partial charge in [-0.15, -0.1) is 0 Å². The Morgan fingerprint density at radius 1 is 1.24 bits per heavy atom. The summed E-state index contributed by atoms with van der Waals surface area (Å²) in [5.74, 6) is -0.162. The Balaban J connectivity index is 1.62. The number of nitrogens with two attached hydrogens (primary N) is 1. The molecular formula is C21H21FN6O.